The zero-order valence-electron chi connectivity index (χ0n) is 14.0. The molecule has 0 fully saturated rings. The first-order valence-corrected chi connectivity index (χ1v) is 8.50. The van der Waals surface area contributed by atoms with Gasteiger partial charge in [0.05, 0.1) is 0 Å². The Kier molecular flexibility index (Phi) is 4.76. The van der Waals surface area contributed by atoms with Crippen molar-refractivity contribution in [1.82, 2.24) is 24.7 Å². The van der Waals surface area contributed by atoms with Gasteiger partial charge in [0.1, 0.15) is 10.9 Å². The summed E-state index contributed by atoms with van der Waals surface area (Å²) in [6.07, 6.45) is 1.85. The van der Waals surface area contributed by atoms with E-state index in [0.29, 0.717) is 6.54 Å². The number of hydrogen-bond donors (Lipinski definition) is 0. The molecular formula is C18H19N5S. The second kappa shape index (κ2) is 6.97. The number of aromatic nitrogens is 5. The van der Waals surface area contributed by atoms with Crippen LogP contribution in [0.2, 0.25) is 0 Å². The van der Waals surface area contributed by atoms with Crippen molar-refractivity contribution in [2.45, 2.75) is 37.5 Å². The van der Waals surface area contributed by atoms with Gasteiger partial charge in [-0.25, -0.2) is 9.97 Å². The third kappa shape index (κ3) is 3.54. The van der Waals surface area contributed by atoms with E-state index in [1.807, 2.05) is 26.0 Å². The number of hydrogen-bond acceptors (Lipinski definition) is 5. The molecule has 0 saturated carbocycles. The van der Waals surface area contributed by atoms with Crippen LogP contribution in [0.15, 0.2) is 53.2 Å². The Hall–Kier alpha value is -2.47. The van der Waals surface area contributed by atoms with E-state index in [1.165, 1.54) is 17.3 Å². The zero-order valence-corrected chi connectivity index (χ0v) is 14.8. The van der Waals surface area contributed by atoms with Crippen LogP contribution in [0.5, 0.6) is 0 Å². The van der Waals surface area contributed by atoms with Crippen LogP contribution in [0.1, 0.15) is 17.1 Å². The second-order valence-electron chi connectivity index (χ2n) is 5.57. The van der Waals surface area contributed by atoms with Gasteiger partial charge in [0.25, 0.3) is 0 Å². The summed E-state index contributed by atoms with van der Waals surface area (Å²) < 4.78 is 2.05. The fourth-order valence-corrected chi connectivity index (χ4v) is 3.35. The monoisotopic (exact) mass is 337 g/mol. The van der Waals surface area contributed by atoms with Gasteiger partial charge in [-0.3, -0.25) is 4.57 Å². The first kappa shape index (κ1) is 16.4. The Morgan fingerprint density at radius 1 is 1.08 bits per heavy atom. The van der Waals surface area contributed by atoms with Crippen molar-refractivity contribution in [2.75, 3.05) is 0 Å². The highest BCUT2D eigenvalue weighted by Gasteiger charge is 2.15. The van der Waals surface area contributed by atoms with Crippen LogP contribution in [-0.4, -0.2) is 24.7 Å². The van der Waals surface area contributed by atoms with Crippen molar-refractivity contribution in [3.05, 3.63) is 60.1 Å². The summed E-state index contributed by atoms with van der Waals surface area (Å²) in [4.78, 5) is 8.78. The van der Waals surface area contributed by atoms with Crippen LogP contribution in [0.3, 0.4) is 0 Å². The summed E-state index contributed by atoms with van der Waals surface area (Å²) in [5.41, 5.74) is 3.20. The minimum Gasteiger partial charge on any atom is -0.298 e. The largest absolute Gasteiger partial charge is 0.298 e. The van der Waals surface area contributed by atoms with E-state index in [1.54, 1.807) is 0 Å². The summed E-state index contributed by atoms with van der Waals surface area (Å²) in [5, 5.41) is 10.4. The summed E-state index contributed by atoms with van der Waals surface area (Å²) in [7, 11) is 0. The molecule has 24 heavy (non-hydrogen) atoms. The number of aryl methyl sites for hydroxylation is 3. The van der Waals surface area contributed by atoms with Gasteiger partial charge in [0, 0.05) is 17.8 Å². The van der Waals surface area contributed by atoms with Crippen molar-refractivity contribution in [1.29, 1.82) is 0 Å². The molecule has 0 N–H and O–H groups in total. The zero-order chi connectivity index (χ0) is 17.1. The molecule has 6 heteroatoms. The molecule has 0 aliphatic heterocycles. The average molecular weight is 337 g/mol. The summed E-state index contributed by atoms with van der Waals surface area (Å²) >= 11 is 1.49. The predicted molar refractivity (Wildman–Crippen MR) is 96.0 cm³/mol. The van der Waals surface area contributed by atoms with Gasteiger partial charge in [0.15, 0.2) is 11.0 Å². The maximum atomic E-state index is 4.47. The standard InChI is InChI=1S/C18H19N5S/c1-5-10-23-17(15-8-6-12(2)7-9-15)21-22-18(23)24-16-11-13(3)19-14(4)20-16/h5-9,11H,1,10H2,2-4H3. The van der Waals surface area contributed by atoms with Gasteiger partial charge in [0.2, 0.25) is 0 Å². The number of benzene rings is 1. The molecule has 2 heterocycles. The van der Waals surface area contributed by atoms with Crippen LogP contribution < -0.4 is 0 Å². The fraction of sp³-hybridized carbons (Fsp3) is 0.222. The first-order chi connectivity index (χ1) is 11.6. The molecule has 0 atom stereocenters. The van der Waals surface area contributed by atoms with E-state index in [4.69, 9.17) is 0 Å². The van der Waals surface area contributed by atoms with E-state index in [0.717, 1.165) is 33.1 Å². The van der Waals surface area contributed by atoms with Gasteiger partial charge in [-0.15, -0.1) is 16.8 Å². The lowest BCUT2D eigenvalue weighted by molar-refractivity contribution is 0.729. The first-order valence-electron chi connectivity index (χ1n) is 7.68. The molecule has 0 unspecified atom stereocenters. The predicted octanol–water partition coefficient (Wildman–Crippen LogP) is 4.00. The Morgan fingerprint density at radius 2 is 1.83 bits per heavy atom. The van der Waals surface area contributed by atoms with Crippen LogP contribution in [0, 0.1) is 20.8 Å². The number of rotatable bonds is 5. The average Bonchev–Trinajstić information content (AvgIpc) is 2.90. The Morgan fingerprint density at radius 3 is 2.50 bits per heavy atom. The maximum absolute atomic E-state index is 4.47. The van der Waals surface area contributed by atoms with Gasteiger partial charge in [-0.1, -0.05) is 35.9 Å². The lowest BCUT2D eigenvalue weighted by atomic mass is 10.1. The number of allylic oxidation sites excluding steroid dienone is 1. The molecule has 5 nitrogen and oxygen atoms in total. The molecule has 0 saturated heterocycles. The SMILES string of the molecule is C=CCn1c(Sc2cc(C)nc(C)n2)nnc1-c1ccc(C)cc1. The van der Waals surface area contributed by atoms with Crippen LogP contribution in [-0.2, 0) is 6.54 Å². The quantitative estimate of drug-likeness (QED) is 0.520. The second-order valence-corrected chi connectivity index (χ2v) is 6.56. The highest BCUT2D eigenvalue weighted by atomic mass is 32.2. The van der Waals surface area contributed by atoms with E-state index in [9.17, 15) is 0 Å². The molecule has 1 aromatic carbocycles. The van der Waals surface area contributed by atoms with Crippen LogP contribution in [0.25, 0.3) is 11.4 Å². The van der Waals surface area contributed by atoms with E-state index in [-0.39, 0.29) is 0 Å². The molecule has 0 spiro atoms. The molecule has 0 aliphatic carbocycles. The fourth-order valence-electron chi connectivity index (χ4n) is 2.40. The summed E-state index contributed by atoms with van der Waals surface area (Å²) in [5.74, 6) is 1.59. The lowest BCUT2D eigenvalue weighted by Gasteiger charge is -2.08. The van der Waals surface area contributed by atoms with Crippen molar-refractivity contribution in [3.8, 4) is 11.4 Å². The number of nitrogens with zero attached hydrogens (tertiary/aromatic N) is 5. The molecular weight excluding hydrogens is 318 g/mol. The van der Waals surface area contributed by atoms with Gasteiger partial charge >= 0.3 is 0 Å². The summed E-state index contributed by atoms with van der Waals surface area (Å²) in [6, 6.07) is 10.2. The van der Waals surface area contributed by atoms with Gasteiger partial charge in [-0.2, -0.15) is 0 Å². The minimum atomic E-state index is 0.640. The van der Waals surface area contributed by atoms with Gasteiger partial charge < -0.3 is 0 Å². The molecule has 2 aromatic heterocycles. The molecule has 122 valence electrons. The molecule has 0 aliphatic rings. The molecule has 3 rings (SSSR count). The van der Waals surface area contributed by atoms with E-state index in [2.05, 4.69) is 62.5 Å². The third-order valence-corrected chi connectivity index (χ3v) is 4.38. The van der Waals surface area contributed by atoms with Crippen LogP contribution >= 0.6 is 11.8 Å². The Balaban J connectivity index is 1.99. The van der Waals surface area contributed by atoms with Gasteiger partial charge in [-0.05, 0) is 38.6 Å². The van der Waals surface area contributed by atoms with Crippen molar-refractivity contribution in [3.63, 3.8) is 0 Å². The Bertz CT molecular complexity index is 847. The van der Waals surface area contributed by atoms with E-state index >= 15 is 0 Å². The lowest BCUT2D eigenvalue weighted by Crippen LogP contribution is -2.01. The molecule has 0 amide bonds. The van der Waals surface area contributed by atoms with Crippen molar-refractivity contribution in [2.24, 2.45) is 0 Å². The van der Waals surface area contributed by atoms with E-state index < -0.39 is 0 Å². The minimum absolute atomic E-state index is 0.640. The molecule has 0 bridgehead atoms. The maximum Gasteiger partial charge on any atom is 0.198 e. The highest BCUT2D eigenvalue weighted by molar-refractivity contribution is 7.99. The normalized spacial score (nSPS) is 10.8. The molecule has 3 aromatic rings. The Labute approximate surface area is 145 Å². The van der Waals surface area contributed by atoms with Crippen LogP contribution in [0.4, 0.5) is 0 Å². The van der Waals surface area contributed by atoms with Crippen molar-refractivity contribution < 1.29 is 0 Å². The third-order valence-electron chi connectivity index (χ3n) is 3.48. The molecule has 0 radical (unpaired) electrons. The van der Waals surface area contributed by atoms with Crippen molar-refractivity contribution >= 4 is 11.8 Å². The topological polar surface area (TPSA) is 56.5 Å². The summed E-state index contributed by atoms with van der Waals surface area (Å²) in [6.45, 7) is 10.4. The smallest absolute Gasteiger partial charge is 0.198 e. The highest BCUT2D eigenvalue weighted by Crippen LogP contribution is 2.29.